The van der Waals surface area contributed by atoms with Crippen molar-refractivity contribution in [3.8, 4) is 11.5 Å². The average molecular weight is 583 g/mol. The van der Waals surface area contributed by atoms with Gasteiger partial charge in [-0.1, -0.05) is 48.5 Å². The summed E-state index contributed by atoms with van der Waals surface area (Å²) in [6.45, 7) is 2.06. The summed E-state index contributed by atoms with van der Waals surface area (Å²) in [4.78, 5) is 25.2. The van der Waals surface area contributed by atoms with E-state index in [2.05, 4.69) is 30.9 Å². The van der Waals surface area contributed by atoms with Gasteiger partial charge in [0.1, 0.15) is 34.7 Å². The van der Waals surface area contributed by atoms with Gasteiger partial charge in [-0.15, -0.1) is 11.6 Å². The van der Waals surface area contributed by atoms with Crippen LogP contribution in [0.1, 0.15) is 22.3 Å². The lowest BCUT2D eigenvalue weighted by atomic mass is 10.0. The molecule has 5 nitrogen and oxygen atoms in total. The SMILES string of the molecule is C[P+](c1ccccc1)(c1ccccc1)c1ccccc1C(=O)c1ccc(OCC(=O)O)cc1OCCCCl.[Cl-]. The monoisotopic (exact) mass is 582 g/mol. The number of aliphatic carboxylic acids is 1. The Morgan fingerprint density at radius 1 is 0.795 bits per heavy atom. The van der Waals surface area contributed by atoms with Crippen LogP contribution in [0.25, 0.3) is 0 Å². The predicted molar refractivity (Wildman–Crippen MR) is 155 cm³/mol. The minimum atomic E-state index is -2.18. The number of carboxylic acids is 1. The third kappa shape index (κ3) is 6.99. The quantitative estimate of drug-likeness (QED) is 0.120. The molecule has 0 bridgehead atoms. The lowest BCUT2D eigenvalue weighted by molar-refractivity contribution is -0.139. The van der Waals surface area contributed by atoms with Crippen LogP contribution in [-0.4, -0.2) is 42.6 Å². The number of ketones is 1. The summed E-state index contributed by atoms with van der Waals surface area (Å²) < 4.78 is 11.3. The van der Waals surface area contributed by atoms with Gasteiger partial charge in [-0.25, -0.2) is 4.79 Å². The number of ether oxygens (including phenoxy) is 2. The maximum atomic E-state index is 14.2. The van der Waals surface area contributed by atoms with Gasteiger partial charge in [0.25, 0.3) is 0 Å². The van der Waals surface area contributed by atoms with Crippen LogP contribution in [0.4, 0.5) is 0 Å². The number of carboxylic acid groups (broad SMARTS) is 1. The Morgan fingerprint density at radius 3 is 1.97 bits per heavy atom. The van der Waals surface area contributed by atoms with E-state index < -0.39 is 19.8 Å². The topological polar surface area (TPSA) is 72.8 Å². The molecule has 0 aliphatic carbocycles. The van der Waals surface area contributed by atoms with E-state index >= 15 is 0 Å². The Bertz CT molecular complexity index is 1360. The highest BCUT2D eigenvalue weighted by atomic mass is 35.5. The van der Waals surface area contributed by atoms with Gasteiger partial charge < -0.3 is 27.0 Å². The number of alkyl halides is 1. The molecule has 0 fully saturated rings. The second kappa shape index (κ2) is 14.1. The molecule has 0 aromatic heterocycles. The normalized spacial score (nSPS) is 10.8. The zero-order valence-electron chi connectivity index (χ0n) is 21.4. The molecule has 8 heteroatoms. The van der Waals surface area contributed by atoms with Gasteiger partial charge in [0.2, 0.25) is 5.78 Å². The summed E-state index contributed by atoms with van der Waals surface area (Å²) in [5.74, 6) is -0.211. The van der Waals surface area contributed by atoms with Gasteiger partial charge >= 0.3 is 5.97 Å². The predicted octanol–water partition coefficient (Wildman–Crippen LogP) is 2.32. The lowest BCUT2D eigenvalue weighted by Crippen LogP contribution is -3.00. The molecule has 0 spiro atoms. The van der Waals surface area contributed by atoms with Crippen LogP contribution in [-0.2, 0) is 4.79 Å². The van der Waals surface area contributed by atoms with Gasteiger partial charge in [0, 0.05) is 11.9 Å². The van der Waals surface area contributed by atoms with Crippen molar-refractivity contribution < 1.29 is 36.6 Å². The highest BCUT2D eigenvalue weighted by Gasteiger charge is 2.43. The minimum Gasteiger partial charge on any atom is -1.00 e. The molecule has 0 saturated heterocycles. The first-order valence-electron chi connectivity index (χ1n) is 12.2. The van der Waals surface area contributed by atoms with Crippen molar-refractivity contribution in [2.24, 2.45) is 0 Å². The number of halogens is 2. The molecule has 0 amide bonds. The summed E-state index contributed by atoms with van der Waals surface area (Å²) in [6, 6.07) is 33.1. The van der Waals surface area contributed by atoms with E-state index in [1.807, 2.05) is 60.7 Å². The van der Waals surface area contributed by atoms with Gasteiger partial charge in [0.05, 0.1) is 24.4 Å². The van der Waals surface area contributed by atoms with Crippen LogP contribution in [0.15, 0.2) is 103 Å². The van der Waals surface area contributed by atoms with Crippen LogP contribution in [0, 0.1) is 0 Å². The Labute approximate surface area is 240 Å². The molecule has 0 aliphatic rings. The summed E-state index contributed by atoms with van der Waals surface area (Å²) >= 11 is 5.84. The smallest absolute Gasteiger partial charge is 0.341 e. The molecule has 0 aliphatic heterocycles. The van der Waals surface area contributed by atoms with E-state index in [0.717, 1.165) is 5.30 Å². The summed E-state index contributed by atoms with van der Waals surface area (Å²) in [5.41, 5.74) is 0.972. The fourth-order valence-corrected chi connectivity index (χ4v) is 7.90. The fourth-order valence-electron chi connectivity index (χ4n) is 4.36. The molecule has 4 rings (SSSR count). The maximum Gasteiger partial charge on any atom is 0.341 e. The zero-order chi connectivity index (χ0) is 27.0. The molecule has 0 saturated carbocycles. The third-order valence-electron chi connectivity index (χ3n) is 6.27. The number of benzene rings is 4. The number of rotatable bonds is 12. The van der Waals surface area contributed by atoms with Crippen molar-refractivity contribution in [2.75, 3.05) is 25.8 Å². The zero-order valence-corrected chi connectivity index (χ0v) is 23.8. The summed E-state index contributed by atoms with van der Waals surface area (Å²) in [5, 5.41) is 12.3. The third-order valence-corrected chi connectivity index (χ3v) is 10.6. The van der Waals surface area contributed by atoms with E-state index in [0.29, 0.717) is 41.5 Å². The van der Waals surface area contributed by atoms with E-state index in [1.165, 1.54) is 10.6 Å². The summed E-state index contributed by atoms with van der Waals surface area (Å²) in [6.07, 6.45) is 0.595. The van der Waals surface area contributed by atoms with Crippen molar-refractivity contribution in [1.29, 1.82) is 0 Å². The Hall–Kier alpha value is -3.37. The first-order valence-corrected chi connectivity index (χ1v) is 15.0. The van der Waals surface area contributed by atoms with Gasteiger partial charge in [-0.05, 0) is 55.0 Å². The van der Waals surface area contributed by atoms with E-state index in [9.17, 15) is 9.59 Å². The Kier molecular flexibility index (Phi) is 10.9. The van der Waals surface area contributed by atoms with Crippen molar-refractivity contribution >= 4 is 46.5 Å². The molecule has 1 N–H and O–H groups in total. The fraction of sp³-hybridized carbons (Fsp3) is 0.161. The molecule has 0 atom stereocenters. The molecule has 0 radical (unpaired) electrons. The molecular formula is C31H29Cl2O5P. The molecule has 0 unspecified atom stereocenters. The van der Waals surface area contributed by atoms with Crippen LogP contribution in [0.2, 0.25) is 0 Å². The molecule has 4 aromatic rings. The van der Waals surface area contributed by atoms with Gasteiger partial charge in [-0.2, -0.15) is 0 Å². The maximum absolute atomic E-state index is 14.2. The number of carbonyl (C=O) groups is 2. The van der Waals surface area contributed by atoms with Crippen molar-refractivity contribution in [3.05, 3.63) is 114 Å². The van der Waals surface area contributed by atoms with Crippen LogP contribution in [0.5, 0.6) is 11.5 Å². The minimum absolute atomic E-state index is 0. The first kappa shape index (κ1) is 30.2. The average Bonchev–Trinajstić information content (AvgIpc) is 2.96. The Balaban J connectivity index is 0.00000420. The second-order valence-electron chi connectivity index (χ2n) is 8.75. The van der Waals surface area contributed by atoms with E-state index in [1.54, 1.807) is 18.2 Å². The number of hydrogen-bond acceptors (Lipinski definition) is 4. The highest BCUT2D eigenvalue weighted by Crippen LogP contribution is 2.52. The first-order chi connectivity index (χ1) is 18.4. The van der Waals surface area contributed by atoms with Crippen LogP contribution in [0.3, 0.4) is 0 Å². The molecule has 202 valence electrons. The number of carbonyl (C=O) groups excluding carboxylic acids is 1. The molecule has 4 aromatic carbocycles. The molecular weight excluding hydrogens is 554 g/mol. The van der Waals surface area contributed by atoms with Gasteiger partial charge in [0.15, 0.2) is 6.61 Å². The largest absolute Gasteiger partial charge is 1.00 e. The van der Waals surface area contributed by atoms with Crippen LogP contribution < -0.4 is 37.8 Å². The number of hydrogen-bond donors (Lipinski definition) is 1. The lowest BCUT2D eigenvalue weighted by Gasteiger charge is -2.25. The Morgan fingerprint density at radius 2 is 1.38 bits per heavy atom. The highest BCUT2D eigenvalue weighted by molar-refractivity contribution is 7.95. The standard InChI is InChI=1S/C31H28ClO5P.ClH/c1-38(24-11-4-2-5-12-24,25-13-6-3-7-14-25)29-16-9-8-15-27(29)31(35)26-18-17-23(37-22-30(33)34)21-28(26)36-20-10-19-32;/h2-9,11-18,21H,10,19-20,22H2,1H3;1H. The van der Waals surface area contributed by atoms with Gasteiger partial charge in [-0.3, -0.25) is 4.79 Å². The van der Waals surface area contributed by atoms with Crippen molar-refractivity contribution in [2.45, 2.75) is 6.42 Å². The van der Waals surface area contributed by atoms with E-state index in [4.69, 9.17) is 26.2 Å². The summed E-state index contributed by atoms with van der Waals surface area (Å²) in [7, 11) is -2.18. The molecule has 39 heavy (non-hydrogen) atoms. The van der Waals surface area contributed by atoms with Crippen molar-refractivity contribution in [3.63, 3.8) is 0 Å². The second-order valence-corrected chi connectivity index (χ2v) is 12.7. The van der Waals surface area contributed by atoms with E-state index in [-0.39, 0.29) is 18.2 Å². The molecule has 0 heterocycles. The van der Waals surface area contributed by atoms with Crippen LogP contribution >= 0.6 is 18.9 Å². The van der Waals surface area contributed by atoms with Crippen molar-refractivity contribution in [1.82, 2.24) is 0 Å².